The van der Waals surface area contributed by atoms with Gasteiger partial charge in [-0.3, -0.25) is 0 Å². The zero-order chi connectivity index (χ0) is 8.53. The topological polar surface area (TPSA) is 12.0 Å². The van der Waals surface area contributed by atoms with Crippen LogP contribution in [0.1, 0.15) is 20.3 Å². The SMILES string of the molecule is C#CCSCCNC(C)CC. The molecule has 0 saturated heterocycles. The molecule has 1 atom stereocenters. The van der Waals surface area contributed by atoms with E-state index in [-0.39, 0.29) is 0 Å². The molecule has 1 N–H and O–H groups in total. The van der Waals surface area contributed by atoms with Gasteiger partial charge in [-0.2, -0.15) is 0 Å². The summed E-state index contributed by atoms with van der Waals surface area (Å²) >= 11 is 1.81. The average molecular weight is 171 g/mol. The molecule has 0 aliphatic carbocycles. The number of hydrogen-bond donors (Lipinski definition) is 1. The van der Waals surface area contributed by atoms with E-state index in [1.165, 1.54) is 6.42 Å². The van der Waals surface area contributed by atoms with Crippen molar-refractivity contribution >= 4 is 11.8 Å². The molecule has 0 aliphatic rings. The second-order valence-electron chi connectivity index (χ2n) is 2.52. The molecule has 0 aromatic heterocycles. The predicted octanol–water partition coefficient (Wildman–Crippen LogP) is 1.74. The van der Waals surface area contributed by atoms with E-state index in [0.717, 1.165) is 18.1 Å². The van der Waals surface area contributed by atoms with Crippen molar-refractivity contribution in [3.05, 3.63) is 0 Å². The molecule has 0 aliphatic heterocycles. The normalized spacial score (nSPS) is 12.5. The van der Waals surface area contributed by atoms with Gasteiger partial charge in [-0.05, 0) is 13.3 Å². The van der Waals surface area contributed by atoms with E-state index in [4.69, 9.17) is 6.42 Å². The number of hydrogen-bond acceptors (Lipinski definition) is 2. The number of rotatable bonds is 6. The summed E-state index contributed by atoms with van der Waals surface area (Å²) in [6.45, 7) is 5.46. The van der Waals surface area contributed by atoms with Gasteiger partial charge in [0.2, 0.25) is 0 Å². The Morgan fingerprint density at radius 2 is 2.36 bits per heavy atom. The van der Waals surface area contributed by atoms with E-state index in [2.05, 4.69) is 25.1 Å². The van der Waals surface area contributed by atoms with Crippen LogP contribution in [0.15, 0.2) is 0 Å². The third-order valence-electron chi connectivity index (χ3n) is 1.54. The third-order valence-corrected chi connectivity index (χ3v) is 2.40. The monoisotopic (exact) mass is 171 g/mol. The second kappa shape index (κ2) is 7.97. The molecule has 0 amide bonds. The van der Waals surface area contributed by atoms with Crippen molar-refractivity contribution in [3.8, 4) is 12.3 Å². The number of thioether (sulfide) groups is 1. The van der Waals surface area contributed by atoms with Gasteiger partial charge in [0.1, 0.15) is 0 Å². The molecule has 0 rings (SSSR count). The maximum absolute atomic E-state index is 5.11. The van der Waals surface area contributed by atoms with Crippen LogP contribution in [0.25, 0.3) is 0 Å². The lowest BCUT2D eigenvalue weighted by Crippen LogP contribution is -2.27. The van der Waals surface area contributed by atoms with E-state index < -0.39 is 0 Å². The van der Waals surface area contributed by atoms with Crippen LogP contribution in [0.4, 0.5) is 0 Å². The van der Waals surface area contributed by atoms with Crippen LogP contribution in [-0.2, 0) is 0 Å². The van der Waals surface area contributed by atoms with Crippen LogP contribution in [0, 0.1) is 12.3 Å². The Kier molecular flexibility index (Phi) is 7.88. The van der Waals surface area contributed by atoms with E-state index >= 15 is 0 Å². The summed E-state index contributed by atoms with van der Waals surface area (Å²) in [6, 6.07) is 0.640. The fourth-order valence-electron chi connectivity index (χ4n) is 0.653. The summed E-state index contributed by atoms with van der Waals surface area (Å²) < 4.78 is 0. The number of terminal acetylenes is 1. The van der Waals surface area contributed by atoms with Gasteiger partial charge in [-0.15, -0.1) is 18.2 Å². The van der Waals surface area contributed by atoms with Crippen molar-refractivity contribution in [2.45, 2.75) is 26.3 Å². The molecule has 0 aromatic rings. The van der Waals surface area contributed by atoms with E-state index in [9.17, 15) is 0 Å². The highest BCUT2D eigenvalue weighted by molar-refractivity contribution is 7.99. The minimum Gasteiger partial charge on any atom is -0.313 e. The third kappa shape index (κ3) is 7.77. The van der Waals surface area contributed by atoms with Crippen molar-refractivity contribution in [3.63, 3.8) is 0 Å². The predicted molar refractivity (Wildman–Crippen MR) is 53.9 cm³/mol. The second-order valence-corrected chi connectivity index (χ2v) is 3.63. The van der Waals surface area contributed by atoms with Gasteiger partial charge in [0.25, 0.3) is 0 Å². The van der Waals surface area contributed by atoms with Crippen LogP contribution in [0.2, 0.25) is 0 Å². The molecule has 0 spiro atoms. The van der Waals surface area contributed by atoms with Gasteiger partial charge < -0.3 is 5.32 Å². The first-order valence-corrected chi connectivity index (χ1v) is 5.21. The molecule has 1 nitrogen and oxygen atoms in total. The van der Waals surface area contributed by atoms with E-state index in [0.29, 0.717) is 6.04 Å². The summed E-state index contributed by atoms with van der Waals surface area (Å²) in [6.07, 6.45) is 6.30. The maximum Gasteiger partial charge on any atom is 0.0545 e. The first kappa shape index (κ1) is 10.9. The molecule has 0 radical (unpaired) electrons. The molecule has 0 bridgehead atoms. The van der Waals surface area contributed by atoms with Crippen molar-refractivity contribution in [2.24, 2.45) is 0 Å². The van der Waals surface area contributed by atoms with Crippen LogP contribution < -0.4 is 5.32 Å². The first-order chi connectivity index (χ1) is 5.31. The zero-order valence-corrected chi connectivity index (χ0v) is 8.21. The zero-order valence-electron chi connectivity index (χ0n) is 7.39. The van der Waals surface area contributed by atoms with Crippen molar-refractivity contribution in [1.29, 1.82) is 0 Å². The van der Waals surface area contributed by atoms with Crippen LogP contribution >= 0.6 is 11.8 Å². The maximum atomic E-state index is 5.11. The highest BCUT2D eigenvalue weighted by Gasteiger charge is 1.94. The Balaban J connectivity index is 2.97. The molecule has 64 valence electrons. The summed E-state index contributed by atoms with van der Waals surface area (Å²) in [4.78, 5) is 0. The molecule has 0 saturated carbocycles. The molecule has 0 fully saturated rings. The standard InChI is InChI=1S/C9H17NS/c1-4-7-11-8-6-10-9(3)5-2/h1,9-10H,5-8H2,2-3H3. The Morgan fingerprint density at radius 1 is 1.64 bits per heavy atom. The molecular formula is C9H17NS. The Labute approximate surface area is 74.3 Å². The van der Waals surface area contributed by atoms with Crippen molar-refractivity contribution in [1.82, 2.24) is 5.32 Å². The lowest BCUT2D eigenvalue weighted by atomic mass is 10.3. The molecule has 0 heterocycles. The fourth-order valence-corrected chi connectivity index (χ4v) is 1.18. The lowest BCUT2D eigenvalue weighted by molar-refractivity contribution is 0.555. The van der Waals surface area contributed by atoms with Gasteiger partial charge in [0.15, 0.2) is 0 Å². The van der Waals surface area contributed by atoms with Crippen LogP contribution in [-0.4, -0.2) is 24.1 Å². The van der Waals surface area contributed by atoms with Gasteiger partial charge in [0.05, 0.1) is 5.75 Å². The fraction of sp³-hybridized carbons (Fsp3) is 0.778. The van der Waals surface area contributed by atoms with E-state index in [1.54, 1.807) is 0 Å². The van der Waals surface area contributed by atoms with Gasteiger partial charge in [0, 0.05) is 18.3 Å². The number of nitrogens with one attached hydrogen (secondary N) is 1. The van der Waals surface area contributed by atoms with Gasteiger partial charge in [-0.25, -0.2) is 0 Å². The minimum absolute atomic E-state index is 0.640. The highest BCUT2D eigenvalue weighted by Crippen LogP contribution is 1.96. The lowest BCUT2D eigenvalue weighted by Gasteiger charge is -2.09. The average Bonchev–Trinajstić information content (AvgIpc) is 2.04. The quantitative estimate of drug-likeness (QED) is 0.482. The largest absolute Gasteiger partial charge is 0.313 e. The minimum atomic E-state index is 0.640. The Morgan fingerprint density at radius 3 is 2.91 bits per heavy atom. The molecular weight excluding hydrogens is 154 g/mol. The highest BCUT2D eigenvalue weighted by atomic mass is 32.2. The van der Waals surface area contributed by atoms with Gasteiger partial charge in [-0.1, -0.05) is 12.8 Å². The summed E-state index contributed by atoms with van der Waals surface area (Å²) in [5.74, 6) is 4.56. The molecule has 11 heavy (non-hydrogen) atoms. The van der Waals surface area contributed by atoms with Crippen LogP contribution in [0.3, 0.4) is 0 Å². The van der Waals surface area contributed by atoms with E-state index in [1.807, 2.05) is 11.8 Å². The van der Waals surface area contributed by atoms with Crippen LogP contribution in [0.5, 0.6) is 0 Å². The van der Waals surface area contributed by atoms with Crippen molar-refractivity contribution in [2.75, 3.05) is 18.1 Å². The Bertz CT molecular complexity index is 117. The molecule has 0 aromatic carbocycles. The molecule has 2 heteroatoms. The smallest absolute Gasteiger partial charge is 0.0545 e. The summed E-state index contributed by atoms with van der Waals surface area (Å²) in [5.41, 5.74) is 0. The summed E-state index contributed by atoms with van der Waals surface area (Å²) in [5, 5.41) is 3.40. The molecule has 1 unspecified atom stereocenters. The van der Waals surface area contributed by atoms with Crippen molar-refractivity contribution < 1.29 is 0 Å². The summed E-state index contributed by atoms with van der Waals surface area (Å²) in [7, 11) is 0. The van der Waals surface area contributed by atoms with Gasteiger partial charge >= 0.3 is 0 Å². The Hall–Kier alpha value is -0.130. The first-order valence-electron chi connectivity index (χ1n) is 4.05.